The number of hydrogen-bond acceptors (Lipinski definition) is 5. The van der Waals surface area contributed by atoms with Crippen LogP contribution in [0.25, 0.3) is 0 Å². The van der Waals surface area contributed by atoms with Gasteiger partial charge in [0.15, 0.2) is 23.8 Å². The highest BCUT2D eigenvalue weighted by Gasteiger charge is 2.63. The Morgan fingerprint density at radius 2 is 1.18 bits per heavy atom. The van der Waals surface area contributed by atoms with Gasteiger partial charge in [0.1, 0.15) is 0 Å². The lowest BCUT2D eigenvalue weighted by Crippen LogP contribution is -2.44. The summed E-state index contributed by atoms with van der Waals surface area (Å²) in [6.45, 7) is 3.84. The van der Waals surface area contributed by atoms with E-state index in [1.807, 2.05) is 6.07 Å². The first-order valence-electron chi connectivity index (χ1n) is 10.7. The summed E-state index contributed by atoms with van der Waals surface area (Å²) in [5, 5.41) is 11.2. The van der Waals surface area contributed by atoms with Gasteiger partial charge in [-0.3, -0.25) is 0 Å². The van der Waals surface area contributed by atoms with Crippen LogP contribution in [0.5, 0.6) is 0 Å². The fourth-order valence-electron chi connectivity index (χ4n) is 4.82. The quantitative estimate of drug-likeness (QED) is 0.498. The van der Waals surface area contributed by atoms with E-state index >= 15 is 0 Å². The minimum absolute atomic E-state index is 0.0535. The zero-order valence-electron chi connectivity index (χ0n) is 18.0. The molecular weight excluding hydrogens is 456 g/mol. The summed E-state index contributed by atoms with van der Waals surface area (Å²) in [6.07, 6.45) is 0.112. The fourth-order valence-corrected chi connectivity index (χ4v) is 10.1. The Labute approximate surface area is 195 Å². The van der Waals surface area contributed by atoms with Crippen molar-refractivity contribution in [3.63, 3.8) is 0 Å². The van der Waals surface area contributed by atoms with Crippen LogP contribution in [0, 0.1) is 11.8 Å². The van der Waals surface area contributed by atoms with Crippen molar-refractivity contribution in [1.82, 2.24) is 0 Å². The second kappa shape index (κ2) is 8.89. The first kappa shape index (κ1) is 23.4. The predicted molar refractivity (Wildman–Crippen MR) is 128 cm³/mol. The van der Waals surface area contributed by atoms with E-state index in [0.29, 0.717) is 5.56 Å². The van der Waals surface area contributed by atoms with Gasteiger partial charge < -0.3 is 5.11 Å². The monoisotopic (exact) mass is 482 g/mol. The highest BCUT2D eigenvalue weighted by atomic mass is 32.3. The highest BCUT2D eigenvalue weighted by Crippen LogP contribution is 2.55. The molecule has 0 unspecified atom stereocenters. The molecular formula is C26H26O5S2. The first-order chi connectivity index (χ1) is 15.7. The molecule has 172 valence electrons. The van der Waals surface area contributed by atoms with Gasteiger partial charge in [-0.2, -0.15) is 0 Å². The van der Waals surface area contributed by atoms with Gasteiger partial charge in [0.2, 0.25) is 0 Å². The molecule has 5 nitrogen and oxygen atoms in total. The Balaban J connectivity index is 1.92. The van der Waals surface area contributed by atoms with E-state index in [4.69, 9.17) is 0 Å². The summed E-state index contributed by atoms with van der Waals surface area (Å²) in [5.41, 5.74) is 0.611. The first-order valence-corrected chi connectivity index (χ1v) is 13.7. The highest BCUT2D eigenvalue weighted by molar-refractivity contribution is 8.10. The molecule has 4 rings (SSSR count). The van der Waals surface area contributed by atoms with Crippen molar-refractivity contribution in [2.45, 2.75) is 32.8 Å². The molecule has 1 saturated carbocycles. The molecule has 0 aromatic heterocycles. The van der Waals surface area contributed by atoms with Gasteiger partial charge in [-0.05, 0) is 54.5 Å². The number of hydrogen-bond donors (Lipinski definition) is 1. The van der Waals surface area contributed by atoms with E-state index in [2.05, 4.69) is 6.58 Å². The van der Waals surface area contributed by atoms with Crippen molar-refractivity contribution >= 4 is 19.7 Å². The Hall–Kier alpha value is -2.74. The lowest BCUT2D eigenvalue weighted by atomic mass is 9.87. The maximum Gasteiger partial charge on any atom is 0.198 e. The van der Waals surface area contributed by atoms with E-state index in [9.17, 15) is 21.9 Å². The predicted octanol–water partition coefficient (Wildman–Crippen LogP) is 4.58. The molecule has 33 heavy (non-hydrogen) atoms. The van der Waals surface area contributed by atoms with Crippen LogP contribution in [-0.2, 0) is 19.7 Å². The van der Waals surface area contributed by atoms with Gasteiger partial charge in [-0.1, -0.05) is 72.8 Å². The van der Waals surface area contributed by atoms with E-state index < -0.39 is 41.7 Å². The zero-order valence-corrected chi connectivity index (χ0v) is 19.6. The molecule has 3 atom stereocenters. The number of aliphatic hydroxyl groups excluding tert-OH is 1. The largest absolute Gasteiger partial charge is 0.388 e. The van der Waals surface area contributed by atoms with Crippen molar-refractivity contribution in [3.05, 3.63) is 109 Å². The second-order valence-corrected chi connectivity index (χ2v) is 13.1. The topological polar surface area (TPSA) is 88.5 Å². The third-order valence-corrected chi connectivity index (χ3v) is 12.3. The average Bonchev–Trinajstić information content (AvgIpc) is 3.28. The maximum absolute atomic E-state index is 14.0. The van der Waals surface area contributed by atoms with E-state index in [1.54, 1.807) is 66.7 Å². The molecule has 0 aliphatic heterocycles. The molecule has 3 aromatic rings. The molecule has 0 saturated heterocycles. The zero-order chi connectivity index (χ0) is 23.7. The molecule has 1 fully saturated rings. The van der Waals surface area contributed by atoms with Gasteiger partial charge in [-0.25, -0.2) is 16.8 Å². The third kappa shape index (κ3) is 3.84. The van der Waals surface area contributed by atoms with Gasteiger partial charge in [-0.15, -0.1) is 6.58 Å². The Morgan fingerprint density at radius 3 is 1.61 bits per heavy atom. The SMILES string of the molecule is C=C[C@@H]1CC(S(=O)(=O)c2ccccc2)(S(=O)(=O)c2ccccc2)C[C@H]1[C@H](O)c1ccccc1. The second-order valence-electron chi connectivity index (χ2n) is 8.37. The smallest absolute Gasteiger partial charge is 0.198 e. The van der Waals surface area contributed by atoms with Crippen molar-refractivity contribution in [2.75, 3.05) is 0 Å². The molecule has 0 bridgehead atoms. The molecule has 3 aromatic carbocycles. The molecule has 0 spiro atoms. The summed E-state index contributed by atoms with van der Waals surface area (Å²) in [5.74, 6) is -1.15. The fraction of sp³-hybridized carbons (Fsp3) is 0.231. The maximum atomic E-state index is 14.0. The van der Waals surface area contributed by atoms with E-state index in [-0.39, 0.29) is 22.6 Å². The van der Waals surface area contributed by atoms with Crippen molar-refractivity contribution in [3.8, 4) is 0 Å². The number of allylic oxidation sites excluding steroid dienone is 1. The van der Waals surface area contributed by atoms with Crippen LogP contribution in [0.3, 0.4) is 0 Å². The molecule has 1 aliphatic rings. The normalized spacial score (nSPS) is 21.4. The summed E-state index contributed by atoms with van der Waals surface area (Å²) in [6, 6.07) is 24.2. The van der Waals surface area contributed by atoms with Crippen LogP contribution >= 0.6 is 0 Å². The van der Waals surface area contributed by atoms with Crippen molar-refractivity contribution in [2.24, 2.45) is 11.8 Å². The number of rotatable bonds is 7. The van der Waals surface area contributed by atoms with Crippen molar-refractivity contribution < 1.29 is 21.9 Å². The minimum atomic E-state index is -4.34. The van der Waals surface area contributed by atoms with Crippen LogP contribution in [0.4, 0.5) is 0 Å². The van der Waals surface area contributed by atoms with Crippen molar-refractivity contribution in [1.29, 1.82) is 0 Å². The van der Waals surface area contributed by atoms with Gasteiger partial charge in [0, 0.05) is 0 Å². The summed E-state index contributed by atoms with van der Waals surface area (Å²) in [4.78, 5) is -0.107. The van der Waals surface area contributed by atoms with E-state index in [1.165, 1.54) is 24.3 Å². The summed E-state index contributed by atoms with van der Waals surface area (Å²) in [7, 11) is -8.69. The molecule has 0 amide bonds. The molecule has 0 radical (unpaired) electrons. The minimum Gasteiger partial charge on any atom is -0.388 e. The Bertz CT molecular complexity index is 1250. The number of sulfone groups is 2. The summed E-state index contributed by atoms with van der Waals surface area (Å²) < 4.78 is 54.1. The number of benzene rings is 3. The average molecular weight is 483 g/mol. The molecule has 1 aliphatic carbocycles. The number of aliphatic hydroxyl groups is 1. The van der Waals surface area contributed by atoms with Gasteiger partial charge >= 0.3 is 0 Å². The Morgan fingerprint density at radius 1 is 0.758 bits per heavy atom. The van der Waals surface area contributed by atoms with Crippen LogP contribution in [0.15, 0.2) is 113 Å². The third-order valence-electron chi connectivity index (χ3n) is 6.58. The molecule has 0 heterocycles. The van der Waals surface area contributed by atoms with E-state index in [0.717, 1.165) is 0 Å². The summed E-state index contributed by atoms with van der Waals surface area (Å²) >= 11 is 0. The van der Waals surface area contributed by atoms with Crippen LogP contribution in [0.2, 0.25) is 0 Å². The van der Waals surface area contributed by atoms with Gasteiger partial charge in [0.25, 0.3) is 0 Å². The van der Waals surface area contributed by atoms with Crippen LogP contribution in [0.1, 0.15) is 24.5 Å². The van der Waals surface area contributed by atoms with Gasteiger partial charge in [0.05, 0.1) is 15.9 Å². The van der Waals surface area contributed by atoms with Crippen LogP contribution < -0.4 is 0 Å². The lowest BCUT2D eigenvalue weighted by molar-refractivity contribution is 0.0960. The van der Waals surface area contributed by atoms with Crippen LogP contribution in [-0.4, -0.2) is 26.0 Å². The molecule has 1 N–H and O–H groups in total. The lowest BCUT2D eigenvalue weighted by Gasteiger charge is -2.30. The molecule has 7 heteroatoms. The Kier molecular flexibility index (Phi) is 6.31. The standard InChI is InChI=1S/C26H26O5S2/c1-2-20-18-26(32(28,29)22-14-8-4-9-15-22,33(30,31)23-16-10-5-11-17-23)19-24(20)25(27)21-12-6-3-7-13-21/h2-17,20,24-25,27H,1,18-19H2/t20-,24-,25-/m1/s1.